The minimum atomic E-state index is -0.242. The predicted octanol–water partition coefficient (Wildman–Crippen LogP) is 1.57. The number of nitrogens with one attached hydrogen (secondary N) is 1. The number of hydrogen-bond donors (Lipinski definition) is 2. The third-order valence-corrected chi connectivity index (χ3v) is 2.97. The Hall–Kier alpha value is -1.79. The van der Waals surface area contributed by atoms with Gasteiger partial charge in [-0.1, -0.05) is 24.3 Å². The van der Waals surface area contributed by atoms with Gasteiger partial charge in [0.05, 0.1) is 17.9 Å². The maximum absolute atomic E-state index is 13.2. The molecule has 0 fully saturated rings. The van der Waals surface area contributed by atoms with Gasteiger partial charge in [0, 0.05) is 6.54 Å². The van der Waals surface area contributed by atoms with Crippen molar-refractivity contribution in [3.63, 3.8) is 0 Å². The van der Waals surface area contributed by atoms with Crippen LogP contribution in [0.2, 0.25) is 0 Å². The summed E-state index contributed by atoms with van der Waals surface area (Å²) in [6.45, 7) is 2.86. The minimum absolute atomic E-state index is 0.136. The summed E-state index contributed by atoms with van der Waals surface area (Å²) in [5.74, 6) is 5.36. The SMILES string of the molecule is CCCn1nncc1C(Cc1cccc(F)c1)NN. The fourth-order valence-electron chi connectivity index (χ4n) is 2.07. The molecule has 2 aromatic rings. The minimum Gasteiger partial charge on any atom is -0.271 e. The van der Waals surface area contributed by atoms with Gasteiger partial charge >= 0.3 is 0 Å². The van der Waals surface area contributed by atoms with E-state index in [4.69, 9.17) is 5.84 Å². The average molecular weight is 263 g/mol. The van der Waals surface area contributed by atoms with Gasteiger partial charge in [-0.2, -0.15) is 0 Å². The van der Waals surface area contributed by atoms with Gasteiger partial charge in [0.2, 0.25) is 0 Å². The zero-order chi connectivity index (χ0) is 13.7. The molecule has 3 N–H and O–H groups in total. The zero-order valence-electron chi connectivity index (χ0n) is 10.9. The molecule has 0 amide bonds. The number of rotatable bonds is 6. The van der Waals surface area contributed by atoms with E-state index in [2.05, 4.69) is 22.7 Å². The molecule has 0 saturated heterocycles. The standard InChI is InChI=1S/C13H18FN5/c1-2-6-19-13(9-16-18-19)12(17-15)8-10-4-3-5-11(14)7-10/h3-5,7,9,12,17H,2,6,8,15H2,1H3. The number of halogens is 1. The van der Waals surface area contributed by atoms with Gasteiger partial charge in [-0.3, -0.25) is 11.3 Å². The molecule has 1 aromatic heterocycles. The number of aryl methyl sites for hydroxylation is 1. The molecule has 1 unspecified atom stereocenters. The molecule has 0 aliphatic heterocycles. The Morgan fingerprint density at radius 2 is 2.32 bits per heavy atom. The van der Waals surface area contributed by atoms with E-state index in [-0.39, 0.29) is 11.9 Å². The quantitative estimate of drug-likeness (QED) is 0.613. The topological polar surface area (TPSA) is 68.8 Å². The number of nitrogens with zero attached hydrogens (tertiary/aromatic N) is 3. The molecule has 102 valence electrons. The lowest BCUT2D eigenvalue weighted by Crippen LogP contribution is -2.31. The third-order valence-electron chi connectivity index (χ3n) is 2.97. The molecule has 2 rings (SSSR count). The summed E-state index contributed by atoms with van der Waals surface area (Å²) in [6, 6.07) is 6.37. The molecule has 0 radical (unpaired) electrons. The van der Waals surface area contributed by atoms with Crippen LogP contribution in [0, 0.1) is 5.82 Å². The van der Waals surface area contributed by atoms with Crippen molar-refractivity contribution in [3.8, 4) is 0 Å². The molecular formula is C13H18FN5. The highest BCUT2D eigenvalue weighted by Crippen LogP contribution is 2.17. The van der Waals surface area contributed by atoms with E-state index >= 15 is 0 Å². The van der Waals surface area contributed by atoms with Crippen molar-refractivity contribution >= 4 is 0 Å². The van der Waals surface area contributed by atoms with Crippen molar-refractivity contribution in [2.24, 2.45) is 5.84 Å². The van der Waals surface area contributed by atoms with Crippen LogP contribution < -0.4 is 11.3 Å². The Morgan fingerprint density at radius 3 is 3.00 bits per heavy atom. The largest absolute Gasteiger partial charge is 0.271 e. The van der Waals surface area contributed by atoms with Crippen LogP contribution in [0.4, 0.5) is 4.39 Å². The van der Waals surface area contributed by atoms with Gasteiger partial charge in [0.15, 0.2) is 0 Å². The van der Waals surface area contributed by atoms with E-state index in [0.29, 0.717) is 6.42 Å². The number of benzene rings is 1. The van der Waals surface area contributed by atoms with Crippen molar-refractivity contribution < 1.29 is 4.39 Å². The summed E-state index contributed by atoms with van der Waals surface area (Å²) in [6.07, 6.45) is 3.25. The van der Waals surface area contributed by atoms with Crippen molar-refractivity contribution in [1.82, 2.24) is 20.4 Å². The number of hydrazine groups is 1. The first-order valence-corrected chi connectivity index (χ1v) is 6.33. The Labute approximate surface area is 111 Å². The van der Waals surface area contributed by atoms with E-state index in [1.54, 1.807) is 12.3 Å². The third kappa shape index (κ3) is 3.36. The monoisotopic (exact) mass is 263 g/mol. The summed E-state index contributed by atoms with van der Waals surface area (Å²) >= 11 is 0. The highest BCUT2D eigenvalue weighted by atomic mass is 19.1. The summed E-state index contributed by atoms with van der Waals surface area (Å²) in [5.41, 5.74) is 4.54. The number of nitrogens with two attached hydrogens (primary N) is 1. The first kappa shape index (κ1) is 13.6. The van der Waals surface area contributed by atoms with Crippen LogP contribution >= 0.6 is 0 Å². The summed E-state index contributed by atoms with van der Waals surface area (Å²) in [5, 5.41) is 7.94. The van der Waals surface area contributed by atoms with E-state index in [1.807, 2.05) is 10.7 Å². The molecule has 0 aliphatic carbocycles. The maximum atomic E-state index is 13.2. The molecular weight excluding hydrogens is 245 g/mol. The summed E-state index contributed by atoms with van der Waals surface area (Å²) in [7, 11) is 0. The molecule has 1 aromatic carbocycles. The van der Waals surface area contributed by atoms with Gasteiger partial charge in [-0.05, 0) is 30.5 Å². The fraction of sp³-hybridized carbons (Fsp3) is 0.385. The maximum Gasteiger partial charge on any atom is 0.123 e. The van der Waals surface area contributed by atoms with Crippen LogP contribution in [0.1, 0.15) is 30.6 Å². The lowest BCUT2D eigenvalue weighted by molar-refractivity contribution is 0.473. The van der Waals surface area contributed by atoms with Crippen molar-refractivity contribution in [2.45, 2.75) is 32.4 Å². The summed E-state index contributed by atoms with van der Waals surface area (Å²) < 4.78 is 15.0. The number of aromatic nitrogens is 3. The molecule has 0 aliphatic rings. The van der Waals surface area contributed by atoms with Crippen LogP contribution in [0.25, 0.3) is 0 Å². The Kier molecular flexibility index (Phi) is 4.59. The molecule has 1 atom stereocenters. The predicted molar refractivity (Wildman–Crippen MR) is 70.5 cm³/mol. The second-order valence-corrected chi connectivity index (χ2v) is 4.44. The lowest BCUT2D eigenvalue weighted by Gasteiger charge is -2.16. The molecule has 19 heavy (non-hydrogen) atoms. The van der Waals surface area contributed by atoms with Crippen LogP contribution in [-0.2, 0) is 13.0 Å². The molecule has 0 spiro atoms. The van der Waals surface area contributed by atoms with E-state index < -0.39 is 0 Å². The van der Waals surface area contributed by atoms with Crippen LogP contribution in [0.5, 0.6) is 0 Å². The highest BCUT2D eigenvalue weighted by molar-refractivity contribution is 5.19. The highest BCUT2D eigenvalue weighted by Gasteiger charge is 2.16. The second-order valence-electron chi connectivity index (χ2n) is 4.44. The molecule has 5 nitrogen and oxygen atoms in total. The normalized spacial score (nSPS) is 12.6. The van der Waals surface area contributed by atoms with E-state index in [0.717, 1.165) is 24.2 Å². The fourth-order valence-corrected chi connectivity index (χ4v) is 2.07. The second kappa shape index (κ2) is 6.40. The average Bonchev–Trinajstić information content (AvgIpc) is 2.85. The van der Waals surface area contributed by atoms with Crippen LogP contribution in [0.15, 0.2) is 30.5 Å². The number of hydrogen-bond acceptors (Lipinski definition) is 4. The van der Waals surface area contributed by atoms with Crippen LogP contribution in [-0.4, -0.2) is 15.0 Å². The van der Waals surface area contributed by atoms with Crippen molar-refractivity contribution in [2.75, 3.05) is 0 Å². The van der Waals surface area contributed by atoms with Crippen LogP contribution in [0.3, 0.4) is 0 Å². The first-order chi connectivity index (χ1) is 9.24. The smallest absolute Gasteiger partial charge is 0.123 e. The van der Waals surface area contributed by atoms with Gasteiger partial charge in [0.1, 0.15) is 5.82 Å². The zero-order valence-corrected chi connectivity index (χ0v) is 10.9. The van der Waals surface area contributed by atoms with Crippen molar-refractivity contribution in [3.05, 3.63) is 47.5 Å². The molecule has 0 saturated carbocycles. The summed E-state index contributed by atoms with van der Waals surface area (Å²) in [4.78, 5) is 0. The van der Waals surface area contributed by atoms with Gasteiger partial charge < -0.3 is 0 Å². The first-order valence-electron chi connectivity index (χ1n) is 6.33. The molecule has 1 heterocycles. The molecule has 6 heteroatoms. The lowest BCUT2D eigenvalue weighted by atomic mass is 10.0. The van der Waals surface area contributed by atoms with Crippen molar-refractivity contribution in [1.29, 1.82) is 0 Å². The van der Waals surface area contributed by atoms with Gasteiger partial charge in [-0.15, -0.1) is 5.10 Å². The Morgan fingerprint density at radius 1 is 1.47 bits per heavy atom. The Bertz CT molecular complexity index is 525. The van der Waals surface area contributed by atoms with Gasteiger partial charge in [-0.25, -0.2) is 9.07 Å². The Balaban J connectivity index is 2.18. The van der Waals surface area contributed by atoms with E-state index in [1.165, 1.54) is 12.1 Å². The molecule has 0 bridgehead atoms. The van der Waals surface area contributed by atoms with Gasteiger partial charge in [0.25, 0.3) is 0 Å². The van der Waals surface area contributed by atoms with E-state index in [9.17, 15) is 4.39 Å².